The minimum absolute atomic E-state index is 0.727. The SMILES string of the molecule is C#C/C=C(\C=C1/CSCC2=C1C/C=C\CCC2)CC1=CC(n2c(/C=C\C)c(C)c3ccc4nc(/C(C=C)=C/C=C\C)sc4c32)=CC=C=C1. The molecule has 6 rings (SSSR count). The molecular weight excluding hydrogens is 621 g/mol. The van der Waals surface area contributed by atoms with Gasteiger partial charge in [-0.2, -0.15) is 11.8 Å². The Kier molecular flexibility index (Phi) is 10.8. The molecule has 48 heavy (non-hydrogen) atoms. The molecule has 0 atom stereocenters. The lowest BCUT2D eigenvalue weighted by Crippen LogP contribution is -2.09. The number of benzene rings is 1. The van der Waals surface area contributed by atoms with Crippen LogP contribution in [-0.4, -0.2) is 21.1 Å². The minimum atomic E-state index is 0.727. The summed E-state index contributed by atoms with van der Waals surface area (Å²) in [5, 5.41) is 2.19. The largest absolute Gasteiger partial charge is 0.308 e. The molecule has 0 saturated carbocycles. The monoisotopic (exact) mass is 662 g/mol. The number of aryl methyl sites for hydroxylation is 1. The molecule has 0 amide bonds. The molecule has 3 heterocycles. The first-order valence-electron chi connectivity index (χ1n) is 16.7. The molecule has 0 radical (unpaired) electrons. The summed E-state index contributed by atoms with van der Waals surface area (Å²) in [6.45, 7) is 10.4. The van der Waals surface area contributed by atoms with Gasteiger partial charge >= 0.3 is 0 Å². The van der Waals surface area contributed by atoms with Crippen LogP contribution in [0, 0.1) is 19.3 Å². The zero-order valence-electron chi connectivity index (χ0n) is 28.2. The van der Waals surface area contributed by atoms with Gasteiger partial charge in [0.05, 0.1) is 15.7 Å². The highest BCUT2D eigenvalue weighted by Gasteiger charge is 2.21. The number of hydrogen-bond donors (Lipinski definition) is 0. The molecule has 0 saturated heterocycles. The lowest BCUT2D eigenvalue weighted by molar-refractivity contribution is 0.808. The Morgan fingerprint density at radius 1 is 1.19 bits per heavy atom. The second kappa shape index (κ2) is 15.6. The zero-order valence-corrected chi connectivity index (χ0v) is 29.8. The molecule has 2 nitrogen and oxygen atoms in total. The van der Waals surface area contributed by atoms with Gasteiger partial charge in [0.15, 0.2) is 0 Å². The molecular formula is C44H42N2S2. The number of hydrogen-bond acceptors (Lipinski definition) is 3. The number of thiazole rings is 1. The second-order valence-electron chi connectivity index (χ2n) is 12.2. The van der Waals surface area contributed by atoms with E-state index in [1.54, 1.807) is 16.9 Å². The van der Waals surface area contributed by atoms with Crippen molar-refractivity contribution in [2.24, 2.45) is 0 Å². The summed E-state index contributed by atoms with van der Waals surface area (Å²) >= 11 is 3.75. The fraction of sp³-hybridized carbons (Fsp3) is 0.227. The van der Waals surface area contributed by atoms with Gasteiger partial charge in [-0.25, -0.2) is 4.98 Å². The predicted octanol–water partition coefficient (Wildman–Crippen LogP) is 12.3. The van der Waals surface area contributed by atoms with Crippen molar-refractivity contribution in [2.45, 2.75) is 52.9 Å². The molecule has 2 aromatic heterocycles. The van der Waals surface area contributed by atoms with Crippen LogP contribution in [0.15, 0.2) is 131 Å². The van der Waals surface area contributed by atoms with Gasteiger partial charge in [0.1, 0.15) is 5.01 Å². The van der Waals surface area contributed by atoms with Crippen LogP contribution in [0.2, 0.25) is 0 Å². The van der Waals surface area contributed by atoms with Crippen LogP contribution in [-0.2, 0) is 0 Å². The van der Waals surface area contributed by atoms with E-state index in [4.69, 9.17) is 11.4 Å². The summed E-state index contributed by atoms with van der Waals surface area (Å²) in [4.78, 5) is 5.06. The van der Waals surface area contributed by atoms with Gasteiger partial charge in [0.25, 0.3) is 0 Å². The summed E-state index contributed by atoms with van der Waals surface area (Å²) in [6.07, 6.45) is 41.2. The van der Waals surface area contributed by atoms with Crippen LogP contribution in [0.5, 0.6) is 0 Å². The highest BCUT2D eigenvalue weighted by Crippen LogP contribution is 2.40. The molecule has 0 fully saturated rings. The molecule has 1 aromatic carbocycles. The van der Waals surface area contributed by atoms with Crippen molar-refractivity contribution in [3.8, 4) is 12.3 Å². The molecule has 0 bridgehead atoms. The maximum absolute atomic E-state index is 5.92. The Morgan fingerprint density at radius 3 is 2.90 bits per heavy atom. The Labute approximate surface area is 294 Å². The van der Waals surface area contributed by atoms with E-state index in [2.05, 4.69) is 103 Å². The smallest absolute Gasteiger partial charge is 0.124 e. The van der Waals surface area contributed by atoms with Crippen molar-refractivity contribution in [1.29, 1.82) is 0 Å². The lowest BCUT2D eigenvalue weighted by atomic mass is 9.90. The van der Waals surface area contributed by atoms with Crippen LogP contribution < -0.4 is 0 Å². The number of aromatic nitrogens is 2. The molecule has 240 valence electrons. The third kappa shape index (κ3) is 7.01. The van der Waals surface area contributed by atoms with Crippen LogP contribution in [0.25, 0.3) is 38.5 Å². The molecule has 1 aliphatic heterocycles. The molecule has 3 aromatic rings. The Hall–Kier alpha value is -4.52. The van der Waals surface area contributed by atoms with Crippen molar-refractivity contribution < 1.29 is 0 Å². The van der Waals surface area contributed by atoms with Gasteiger partial charge in [0, 0.05) is 33.9 Å². The zero-order chi connectivity index (χ0) is 33.5. The van der Waals surface area contributed by atoms with Gasteiger partial charge in [-0.1, -0.05) is 72.7 Å². The second-order valence-corrected chi connectivity index (χ2v) is 14.2. The van der Waals surface area contributed by atoms with Gasteiger partial charge in [0.2, 0.25) is 0 Å². The number of allylic oxidation sites excluding steroid dienone is 17. The van der Waals surface area contributed by atoms with E-state index >= 15 is 0 Å². The number of nitrogens with zero attached hydrogens (tertiary/aromatic N) is 2. The fourth-order valence-corrected chi connectivity index (χ4v) is 8.96. The van der Waals surface area contributed by atoms with E-state index in [0.29, 0.717) is 0 Å². The van der Waals surface area contributed by atoms with Crippen LogP contribution >= 0.6 is 23.1 Å². The predicted molar refractivity (Wildman–Crippen MR) is 214 cm³/mol. The Bertz CT molecular complexity index is 2160. The number of thioether (sulfide) groups is 1. The van der Waals surface area contributed by atoms with Crippen molar-refractivity contribution >= 4 is 61.6 Å². The molecule has 3 aliphatic rings. The summed E-state index contributed by atoms with van der Waals surface area (Å²) < 4.78 is 3.56. The minimum Gasteiger partial charge on any atom is -0.308 e. The Morgan fingerprint density at radius 2 is 2.08 bits per heavy atom. The van der Waals surface area contributed by atoms with Gasteiger partial charge in [-0.15, -0.1) is 23.5 Å². The number of rotatable bonds is 8. The van der Waals surface area contributed by atoms with Gasteiger partial charge < -0.3 is 4.57 Å². The summed E-state index contributed by atoms with van der Waals surface area (Å²) in [5.41, 5.74) is 17.0. The molecule has 0 unspecified atom stereocenters. The summed E-state index contributed by atoms with van der Waals surface area (Å²) in [7, 11) is 0. The number of terminal acetylenes is 1. The van der Waals surface area contributed by atoms with E-state index < -0.39 is 0 Å². The molecule has 2 aliphatic carbocycles. The number of fused-ring (bicyclic) bond motifs is 3. The van der Waals surface area contributed by atoms with Crippen molar-refractivity contribution in [1.82, 2.24) is 9.55 Å². The first-order chi connectivity index (χ1) is 23.6. The standard InChI is InChI=1S/C44H42N2S2/c1-6-10-20-34(9-4)44-45-40-25-24-38-31(5)41(18-8-3)46(42(38)43(40)48-44)37-22-16-15-19-33(28-37)26-32(17-7-2)27-36-30-47-29-35-21-13-11-12-14-23-39(35)36/h2,6,8-10,12,14,16-20,22,24-25,27-28H,4,11,13,21,23,26,29-30H2,1,3,5H3/b10-6-,14-12-,18-8-,32-17-,34-20+,36-27+. The van der Waals surface area contributed by atoms with Crippen molar-refractivity contribution in [3.05, 3.63) is 148 Å². The van der Waals surface area contributed by atoms with E-state index in [1.165, 1.54) is 46.9 Å². The third-order valence-electron chi connectivity index (χ3n) is 8.98. The molecule has 0 spiro atoms. The van der Waals surface area contributed by atoms with Gasteiger partial charge in [-0.3, -0.25) is 0 Å². The van der Waals surface area contributed by atoms with Crippen LogP contribution in [0.1, 0.15) is 62.2 Å². The summed E-state index contributed by atoms with van der Waals surface area (Å²) in [5.74, 6) is 5.02. The first kappa shape index (κ1) is 33.4. The van der Waals surface area contributed by atoms with Crippen molar-refractivity contribution in [3.63, 3.8) is 0 Å². The highest BCUT2D eigenvalue weighted by atomic mass is 32.2. The molecule has 4 heteroatoms. The third-order valence-corrected chi connectivity index (χ3v) is 11.2. The Balaban J connectivity index is 1.45. The van der Waals surface area contributed by atoms with E-state index in [9.17, 15) is 0 Å². The average molecular weight is 663 g/mol. The fourth-order valence-electron chi connectivity index (χ4n) is 6.69. The molecule has 0 N–H and O–H groups in total. The topological polar surface area (TPSA) is 17.8 Å². The van der Waals surface area contributed by atoms with Gasteiger partial charge in [-0.05, 0) is 123 Å². The highest BCUT2D eigenvalue weighted by molar-refractivity contribution is 7.99. The van der Waals surface area contributed by atoms with E-state index in [0.717, 1.165) is 67.7 Å². The normalized spacial score (nSPS) is 19.1. The maximum atomic E-state index is 5.92. The average Bonchev–Trinajstić information content (AvgIpc) is 3.53. The van der Waals surface area contributed by atoms with E-state index in [-0.39, 0.29) is 0 Å². The van der Waals surface area contributed by atoms with Crippen molar-refractivity contribution in [2.75, 3.05) is 11.5 Å². The first-order valence-corrected chi connectivity index (χ1v) is 18.7. The quantitative estimate of drug-likeness (QED) is 0.103. The van der Waals surface area contributed by atoms with Crippen LogP contribution in [0.4, 0.5) is 0 Å². The lowest BCUT2D eigenvalue weighted by Gasteiger charge is -2.24. The van der Waals surface area contributed by atoms with E-state index in [1.807, 2.05) is 49.1 Å². The maximum Gasteiger partial charge on any atom is 0.124 e. The van der Waals surface area contributed by atoms with Crippen LogP contribution in [0.3, 0.4) is 0 Å². The summed E-state index contributed by atoms with van der Waals surface area (Å²) in [6, 6.07) is 4.37.